The lowest BCUT2D eigenvalue weighted by Crippen LogP contribution is -2.50. The molecule has 2 rings (SSSR count). The van der Waals surface area contributed by atoms with E-state index in [1.807, 2.05) is 25.7 Å². The molecule has 1 amide bonds. The number of ether oxygens (including phenoxy) is 1. The van der Waals surface area contributed by atoms with Gasteiger partial charge in [-0.15, -0.1) is 12.6 Å². The number of nitrogens with zero attached hydrogens (tertiary/aromatic N) is 4. The third kappa shape index (κ3) is 3.90. The molecule has 0 aliphatic carbocycles. The fourth-order valence-corrected chi connectivity index (χ4v) is 2.21. The third-order valence-corrected chi connectivity index (χ3v) is 3.43. The zero-order valence-corrected chi connectivity index (χ0v) is 13.4. The van der Waals surface area contributed by atoms with Crippen molar-refractivity contribution < 1.29 is 9.53 Å². The predicted molar refractivity (Wildman–Crippen MR) is 83.7 cm³/mol. The van der Waals surface area contributed by atoms with E-state index in [1.54, 1.807) is 4.90 Å². The Morgan fingerprint density at radius 1 is 1.29 bits per heavy atom. The maximum atomic E-state index is 12.0. The number of thiol groups is 1. The molecule has 1 aliphatic rings. The quantitative estimate of drug-likeness (QED) is 0.602. The molecule has 1 aromatic heterocycles. The Morgan fingerprint density at radius 3 is 2.48 bits per heavy atom. The van der Waals surface area contributed by atoms with Gasteiger partial charge in [0.15, 0.2) is 5.82 Å². The lowest BCUT2D eigenvalue weighted by molar-refractivity contribution is 0.0240. The van der Waals surface area contributed by atoms with Crippen LogP contribution in [-0.2, 0) is 4.74 Å². The molecule has 8 heteroatoms. The Kier molecular flexibility index (Phi) is 4.46. The van der Waals surface area contributed by atoms with Crippen LogP contribution in [0.2, 0.25) is 0 Å². The molecule has 0 aromatic carbocycles. The molecule has 1 fully saturated rings. The largest absolute Gasteiger partial charge is 0.444 e. The van der Waals surface area contributed by atoms with E-state index in [-0.39, 0.29) is 6.09 Å². The van der Waals surface area contributed by atoms with Crippen LogP contribution in [0.5, 0.6) is 0 Å². The minimum Gasteiger partial charge on any atom is -0.444 e. The van der Waals surface area contributed by atoms with Gasteiger partial charge in [0.2, 0.25) is 0 Å². The molecule has 2 N–H and O–H groups in total. The van der Waals surface area contributed by atoms with Crippen molar-refractivity contribution in [2.45, 2.75) is 31.4 Å². The monoisotopic (exact) mass is 311 g/mol. The molecule has 0 atom stereocenters. The van der Waals surface area contributed by atoms with Crippen molar-refractivity contribution in [3.8, 4) is 0 Å². The second-order valence-corrected chi connectivity index (χ2v) is 6.31. The number of carbonyl (C=O) groups is 1. The Balaban J connectivity index is 1.97. The molecule has 0 radical (unpaired) electrons. The summed E-state index contributed by atoms with van der Waals surface area (Å²) in [5.74, 6) is 0.666. The first-order chi connectivity index (χ1) is 9.78. The van der Waals surface area contributed by atoms with Gasteiger partial charge < -0.3 is 20.3 Å². The molecule has 0 spiro atoms. The molecule has 1 aromatic rings. The number of amides is 1. The Hall–Kier alpha value is -1.70. The highest BCUT2D eigenvalue weighted by Crippen LogP contribution is 2.25. The van der Waals surface area contributed by atoms with Crippen molar-refractivity contribution in [2.24, 2.45) is 0 Å². The molecule has 7 nitrogen and oxygen atoms in total. The van der Waals surface area contributed by atoms with Gasteiger partial charge in [-0.2, -0.15) is 0 Å². The van der Waals surface area contributed by atoms with Gasteiger partial charge in [0.25, 0.3) is 0 Å². The standard InChI is InChI=1S/C13H21N5O2S/c1-13(2,3)20-12(19)18-6-4-17(5-7-18)10-9(14)11(21)16-8-15-10/h8H,4-7,14H2,1-3H3,(H,15,16,21). The van der Waals surface area contributed by atoms with E-state index < -0.39 is 5.60 Å². The van der Waals surface area contributed by atoms with Gasteiger partial charge in [-0.1, -0.05) is 0 Å². The first kappa shape index (κ1) is 15.7. The van der Waals surface area contributed by atoms with Gasteiger partial charge in [-0.3, -0.25) is 0 Å². The van der Waals surface area contributed by atoms with E-state index in [4.69, 9.17) is 10.5 Å². The van der Waals surface area contributed by atoms with Gasteiger partial charge in [0.1, 0.15) is 22.6 Å². The number of nitrogens with two attached hydrogens (primary N) is 1. The Bertz CT molecular complexity index is 524. The lowest BCUT2D eigenvalue weighted by atomic mass is 10.2. The van der Waals surface area contributed by atoms with E-state index in [2.05, 4.69) is 22.6 Å². The highest BCUT2D eigenvalue weighted by atomic mass is 32.1. The van der Waals surface area contributed by atoms with Crippen molar-refractivity contribution in [3.05, 3.63) is 6.33 Å². The molecule has 2 heterocycles. The smallest absolute Gasteiger partial charge is 0.410 e. The van der Waals surface area contributed by atoms with E-state index in [0.717, 1.165) is 0 Å². The third-order valence-electron chi connectivity index (χ3n) is 3.07. The molecule has 1 saturated heterocycles. The highest BCUT2D eigenvalue weighted by Gasteiger charge is 2.27. The van der Waals surface area contributed by atoms with Crippen LogP contribution in [0.25, 0.3) is 0 Å². The summed E-state index contributed by atoms with van der Waals surface area (Å²) in [7, 11) is 0. The summed E-state index contributed by atoms with van der Waals surface area (Å²) >= 11 is 4.20. The summed E-state index contributed by atoms with van der Waals surface area (Å²) < 4.78 is 5.37. The zero-order chi connectivity index (χ0) is 15.6. The summed E-state index contributed by atoms with van der Waals surface area (Å²) in [6, 6.07) is 0. The highest BCUT2D eigenvalue weighted by molar-refractivity contribution is 7.80. The first-order valence-corrected chi connectivity index (χ1v) is 7.25. The van der Waals surface area contributed by atoms with E-state index in [9.17, 15) is 4.79 Å². The molecule has 21 heavy (non-hydrogen) atoms. The number of aromatic nitrogens is 2. The maximum absolute atomic E-state index is 12.0. The second-order valence-electron chi connectivity index (χ2n) is 5.89. The van der Waals surface area contributed by atoms with Crippen molar-refractivity contribution in [1.29, 1.82) is 0 Å². The minimum absolute atomic E-state index is 0.285. The number of rotatable bonds is 1. The number of piperazine rings is 1. The first-order valence-electron chi connectivity index (χ1n) is 6.80. The molecule has 0 unspecified atom stereocenters. The van der Waals surface area contributed by atoms with Gasteiger partial charge >= 0.3 is 6.09 Å². The zero-order valence-electron chi connectivity index (χ0n) is 12.5. The topological polar surface area (TPSA) is 84.6 Å². The summed E-state index contributed by atoms with van der Waals surface area (Å²) in [6.45, 7) is 8.01. The maximum Gasteiger partial charge on any atom is 0.410 e. The number of hydrogen-bond donors (Lipinski definition) is 2. The molecule has 0 bridgehead atoms. The Morgan fingerprint density at radius 2 is 1.90 bits per heavy atom. The van der Waals surface area contributed by atoms with Crippen LogP contribution >= 0.6 is 12.6 Å². The molecule has 1 aliphatic heterocycles. The summed E-state index contributed by atoms with van der Waals surface area (Å²) in [4.78, 5) is 23.9. The lowest BCUT2D eigenvalue weighted by Gasteiger charge is -2.36. The van der Waals surface area contributed by atoms with Crippen LogP contribution in [0, 0.1) is 0 Å². The van der Waals surface area contributed by atoms with Crippen molar-refractivity contribution in [2.75, 3.05) is 36.8 Å². The number of carbonyl (C=O) groups excluding carboxylic acids is 1. The molecular weight excluding hydrogens is 290 g/mol. The van der Waals surface area contributed by atoms with Crippen molar-refractivity contribution in [3.63, 3.8) is 0 Å². The van der Waals surface area contributed by atoms with Gasteiger partial charge in [0.05, 0.1) is 0 Å². The number of anilines is 2. The van der Waals surface area contributed by atoms with Crippen LogP contribution < -0.4 is 10.6 Å². The molecule has 0 saturated carbocycles. The SMILES string of the molecule is CC(C)(C)OC(=O)N1CCN(c2ncnc(S)c2N)CC1. The van der Waals surface area contributed by atoms with Crippen LogP contribution in [-0.4, -0.2) is 52.7 Å². The average molecular weight is 311 g/mol. The summed E-state index contributed by atoms with van der Waals surface area (Å²) in [5.41, 5.74) is 5.93. The van der Waals surface area contributed by atoms with E-state index in [1.165, 1.54) is 6.33 Å². The van der Waals surface area contributed by atoms with E-state index in [0.29, 0.717) is 42.7 Å². The summed E-state index contributed by atoms with van der Waals surface area (Å²) in [5, 5.41) is 0.467. The Labute approximate surface area is 129 Å². The van der Waals surface area contributed by atoms with Crippen LogP contribution in [0.15, 0.2) is 11.4 Å². The van der Waals surface area contributed by atoms with Gasteiger partial charge in [-0.25, -0.2) is 14.8 Å². The fourth-order valence-electron chi connectivity index (χ4n) is 2.06. The number of nitrogen functional groups attached to an aromatic ring is 1. The van der Waals surface area contributed by atoms with Crippen molar-refractivity contribution >= 4 is 30.2 Å². The van der Waals surface area contributed by atoms with E-state index >= 15 is 0 Å². The van der Waals surface area contributed by atoms with Crippen molar-refractivity contribution in [1.82, 2.24) is 14.9 Å². The van der Waals surface area contributed by atoms with Crippen LogP contribution in [0.4, 0.5) is 16.3 Å². The molecule has 116 valence electrons. The second kappa shape index (κ2) is 5.97. The normalized spacial score (nSPS) is 16.0. The number of hydrogen-bond acceptors (Lipinski definition) is 7. The van der Waals surface area contributed by atoms with Crippen LogP contribution in [0.3, 0.4) is 0 Å². The predicted octanol–water partition coefficient (Wildman–Crippen LogP) is 1.40. The molecular formula is C13H21N5O2S. The fraction of sp³-hybridized carbons (Fsp3) is 0.615. The van der Waals surface area contributed by atoms with Gasteiger partial charge in [-0.05, 0) is 20.8 Å². The van der Waals surface area contributed by atoms with Crippen LogP contribution in [0.1, 0.15) is 20.8 Å². The summed E-state index contributed by atoms with van der Waals surface area (Å²) in [6.07, 6.45) is 1.15. The van der Waals surface area contributed by atoms with Gasteiger partial charge in [0, 0.05) is 26.2 Å². The average Bonchev–Trinajstić information content (AvgIpc) is 2.40. The minimum atomic E-state index is -0.480.